The number of carboxylic acid groups (broad SMARTS) is 2. The van der Waals surface area contributed by atoms with Crippen LogP contribution in [0.25, 0.3) is 0 Å². The molecule has 1 atom stereocenters. The van der Waals surface area contributed by atoms with E-state index in [0.717, 1.165) is 5.56 Å². The number of hydrogen-bond acceptors (Lipinski definition) is 5. The molecule has 0 saturated heterocycles. The monoisotopic (exact) mass is 331 g/mol. The number of ether oxygens (including phenoxy) is 1. The van der Waals surface area contributed by atoms with E-state index in [1.807, 2.05) is 30.3 Å². The minimum absolute atomic E-state index is 0.173. The van der Waals surface area contributed by atoms with Gasteiger partial charge >= 0.3 is 12.1 Å². The van der Waals surface area contributed by atoms with Gasteiger partial charge in [-0.25, -0.2) is 4.79 Å². The van der Waals surface area contributed by atoms with Crippen molar-refractivity contribution in [2.45, 2.75) is 19.1 Å². The Kier molecular flexibility index (Phi) is 6.30. The number of nitrogens with one attached hydrogen (secondary N) is 1. The molecule has 0 heterocycles. The second-order valence-electron chi connectivity index (χ2n) is 5.00. The van der Waals surface area contributed by atoms with Crippen LogP contribution >= 0.6 is 0 Å². The smallest absolute Gasteiger partial charge is 0.480 e. The van der Waals surface area contributed by atoms with Crippen molar-refractivity contribution < 1.29 is 29.4 Å². The SMILES string of the molecule is O=C(O)Oc1ccc(CC(NOCc2ccccc2)C(=O)O)cc1. The van der Waals surface area contributed by atoms with Crippen LogP contribution in [0.5, 0.6) is 5.75 Å². The predicted molar refractivity (Wildman–Crippen MR) is 84.6 cm³/mol. The van der Waals surface area contributed by atoms with Gasteiger partial charge in [0.2, 0.25) is 0 Å². The maximum atomic E-state index is 11.3. The molecule has 0 fully saturated rings. The zero-order valence-corrected chi connectivity index (χ0v) is 12.7. The third kappa shape index (κ3) is 5.71. The first kappa shape index (κ1) is 17.5. The van der Waals surface area contributed by atoms with E-state index in [1.165, 1.54) is 12.1 Å². The first-order valence-electron chi connectivity index (χ1n) is 7.18. The summed E-state index contributed by atoms with van der Waals surface area (Å²) in [7, 11) is 0. The lowest BCUT2D eigenvalue weighted by atomic mass is 10.1. The average Bonchev–Trinajstić information content (AvgIpc) is 2.56. The highest BCUT2D eigenvalue weighted by atomic mass is 16.7. The Morgan fingerprint density at radius 3 is 2.21 bits per heavy atom. The Labute approximate surface area is 138 Å². The van der Waals surface area contributed by atoms with Crippen molar-refractivity contribution in [2.75, 3.05) is 0 Å². The summed E-state index contributed by atoms with van der Waals surface area (Å²) in [6, 6.07) is 14.6. The zero-order valence-electron chi connectivity index (χ0n) is 12.7. The van der Waals surface area contributed by atoms with Crippen molar-refractivity contribution in [2.24, 2.45) is 0 Å². The quantitative estimate of drug-likeness (QED) is 0.387. The predicted octanol–water partition coefficient (Wildman–Crippen LogP) is 2.46. The standard InChI is InChI=1S/C17H17NO6/c19-16(20)15(18-23-11-13-4-2-1-3-5-13)10-12-6-8-14(9-7-12)24-17(21)22/h1-9,15,18H,10-11H2,(H,19,20)(H,21,22). The molecular weight excluding hydrogens is 314 g/mol. The number of carboxylic acids is 1. The molecule has 0 radical (unpaired) electrons. The van der Waals surface area contributed by atoms with Crippen LogP contribution in [0, 0.1) is 0 Å². The van der Waals surface area contributed by atoms with Gasteiger partial charge in [-0.05, 0) is 23.3 Å². The van der Waals surface area contributed by atoms with E-state index >= 15 is 0 Å². The summed E-state index contributed by atoms with van der Waals surface area (Å²) in [4.78, 5) is 27.0. The number of rotatable bonds is 8. The number of hydrogen-bond donors (Lipinski definition) is 3. The maximum absolute atomic E-state index is 11.3. The van der Waals surface area contributed by atoms with Crippen molar-refractivity contribution >= 4 is 12.1 Å². The van der Waals surface area contributed by atoms with Crippen LogP contribution in [-0.2, 0) is 22.7 Å². The third-order valence-electron chi connectivity index (χ3n) is 3.17. The Hall–Kier alpha value is -2.90. The minimum atomic E-state index is -1.40. The van der Waals surface area contributed by atoms with E-state index in [4.69, 9.17) is 9.94 Å². The van der Waals surface area contributed by atoms with Crippen molar-refractivity contribution in [3.05, 3.63) is 65.7 Å². The van der Waals surface area contributed by atoms with Gasteiger partial charge in [-0.1, -0.05) is 42.5 Å². The van der Waals surface area contributed by atoms with E-state index in [2.05, 4.69) is 10.2 Å². The molecule has 0 amide bonds. The summed E-state index contributed by atoms with van der Waals surface area (Å²) in [6.07, 6.45) is -1.22. The van der Waals surface area contributed by atoms with E-state index in [1.54, 1.807) is 12.1 Å². The molecule has 2 aromatic rings. The van der Waals surface area contributed by atoms with Gasteiger partial charge in [-0.2, -0.15) is 5.48 Å². The summed E-state index contributed by atoms with van der Waals surface area (Å²) in [5.41, 5.74) is 4.16. The summed E-state index contributed by atoms with van der Waals surface area (Å²) >= 11 is 0. The van der Waals surface area contributed by atoms with Crippen LogP contribution < -0.4 is 10.2 Å². The van der Waals surface area contributed by atoms with Gasteiger partial charge in [0.25, 0.3) is 0 Å². The lowest BCUT2D eigenvalue weighted by Gasteiger charge is -2.14. The molecule has 0 spiro atoms. The lowest BCUT2D eigenvalue weighted by Crippen LogP contribution is -2.38. The molecule has 126 valence electrons. The van der Waals surface area contributed by atoms with E-state index in [9.17, 15) is 14.7 Å². The first-order chi connectivity index (χ1) is 11.5. The summed E-state index contributed by atoms with van der Waals surface area (Å²) < 4.78 is 4.50. The second-order valence-corrected chi connectivity index (χ2v) is 5.00. The summed E-state index contributed by atoms with van der Waals surface area (Å²) in [6.45, 7) is 0.246. The van der Waals surface area contributed by atoms with Crippen LogP contribution in [-0.4, -0.2) is 28.4 Å². The molecule has 0 aliphatic rings. The van der Waals surface area contributed by atoms with Crippen molar-refractivity contribution in [3.63, 3.8) is 0 Å². The molecule has 0 aromatic heterocycles. The molecule has 0 bridgehead atoms. The minimum Gasteiger partial charge on any atom is -0.480 e. The topological polar surface area (TPSA) is 105 Å². The van der Waals surface area contributed by atoms with Crippen LogP contribution in [0.3, 0.4) is 0 Å². The highest BCUT2D eigenvalue weighted by Gasteiger charge is 2.18. The Bertz CT molecular complexity index is 671. The number of carbonyl (C=O) groups is 2. The largest absolute Gasteiger partial charge is 0.511 e. The molecule has 0 aliphatic carbocycles. The first-order valence-corrected chi connectivity index (χ1v) is 7.18. The van der Waals surface area contributed by atoms with E-state index < -0.39 is 18.2 Å². The molecule has 0 aliphatic heterocycles. The van der Waals surface area contributed by atoms with E-state index in [0.29, 0.717) is 5.56 Å². The van der Waals surface area contributed by atoms with Crippen LogP contribution in [0.1, 0.15) is 11.1 Å². The van der Waals surface area contributed by atoms with Crippen molar-refractivity contribution in [1.82, 2.24) is 5.48 Å². The highest BCUT2D eigenvalue weighted by Crippen LogP contribution is 2.14. The van der Waals surface area contributed by atoms with Gasteiger partial charge in [0.15, 0.2) is 0 Å². The van der Waals surface area contributed by atoms with Crippen molar-refractivity contribution in [3.8, 4) is 5.75 Å². The molecule has 0 saturated carbocycles. The Morgan fingerprint density at radius 2 is 1.62 bits per heavy atom. The highest BCUT2D eigenvalue weighted by molar-refractivity contribution is 5.73. The second kappa shape index (κ2) is 8.66. The fourth-order valence-corrected chi connectivity index (χ4v) is 2.01. The fraction of sp³-hybridized carbons (Fsp3) is 0.176. The fourth-order valence-electron chi connectivity index (χ4n) is 2.01. The molecule has 7 heteroatoms. The summed E-state index contributed by atoms with van der Waals surface area (Å²) in [5.74, 6) is -0.875. The van der Waals surface area contributed by atoms with Gasteiger partial charge in [0.1, 0.15) is 11.8 Å². The Morgan fingerprint density at radius 1 is 0.958 bits per heavy atom. The van der Waals surface area contributed by atoms with Crippen LogP contribution in [0.2, 0.25) is 0 Å². The number of hydroxylamine groups is 1. The molecular formula is C17H17NO6. The maximum Gasteiger partial charge on any atom is 0.511 e. The number of benzene rings is 2. The van der Waals surface area contributed by atoms with Gasteiger partial charge in [-0.3, -0.25) is 9.63 Å². The molecule has 2 rings (SSSR count). The molecule has 24 heavy (non-hydrogen) atoms. The van der Waals surface area contributed by atoms with Gasteiger partial charge in [0.05, 0.1) is 6.61 Å². The Balaban J connectivity index is 1.88. The van der Waals surface area contributed by atoms with E-state index in [-0.39, 0.29) is 18.8 Å². The van der Waals surface area contributed by atoms with Gasteiger partial charge in [0, 0.05) is 6.42 Å². The lowest BCUT2D eigenvalue weighted by molar-refractivity contribution is -0.144. The third-order valence-corrected chi connectivity index (χ3v) is 3.17. The van der Waals surface area contributed by atoms with Gasteiger partial charge in [-0.15, -0.1) is 0 Å². The van der Waals surface area contributed by atoms with Crippen LogP contribution in [0.15, 0.2) is 54.6 Å². The molecule has 7 nitrogen and oxygen atoms in total. The molecule has 3 N–H and O–H groups in total. The summed E-state index contributed by atoms with van der Waals surface area (Å²) in [5, 5.41) is 17.8. The number of aliphatic carboxylic acids is 1. The average molecular weight is 331 g/mol. The normalized spacial score (nSPS) is 11.7. The van der Waals surface area contributed by atoms with Gasteiger partial charge < -0.3 is 14.9 Å². The molecule has 2 aromatic carbocycles. The van der Waals surface area contributed by atoms with Crippen molar-refractivity contribution in [1.29, 1.82) is 0 Å². The van der Waals surface area contributed by atoms with Crippen LogP contribution in [0.4, 0.5) is 4.79 Å². The molecule has 1 unspecified atom stereocenters. The zero-order chi connectivity index (χ0) is 17.4.